The van der Waals surface area contributed by atoms with Gasteiger partial charge in [-0.1, -0.05) is 26.8 Å². The molecule has 0 aliphatic heterocycles. The molecule has 1 aromatic heterocycles. The van der Waals surface area contributed by atoms with Gasteiger partial charge in [-0.05, 0) is 30.5 Å². The van der Waals surface area contributed by atoms with Crippen molar-refractivity contribution in [3.63, 3.8) is 0 Å². The molecule has 0 spiro atoms. The van der Waals surface area contributed by atoms with Gasteiger partial charge in [0.2, 0.25) is 0 Å². The third-order valence-electron chi connectivity index (χ3n) is 3.85. The fourth-order valence-electron chi connectivity index (χ4n) is 2.58. The first kappa shape index (κ1) is 15.5. The molecule has 2 aromatic rings. The predicted molar refractivity (Wildman–Crippen MR) is 77.5 cm³/mol. The largest absolute Gasteiger partial charge is 0.256 e. The molecule has 0 aliphatic carbocycles. The van der Waals surface area contributed by atoms with E-state index in [0.29, 0.717) is 5.69 Å². The van der Waals surface area contributed by atoms with Gasteiger partial charge < -0.3 is 0 Å². The van der Waals surface area contributed by atoms with Gasteiger partial charge in [-0.2, -0.15) is 0 Å². The van der Waals surface area contributed by atoms with Crippen LogP contribution in [-0.2, 0) is 5.67 Å². The molecule has 0 bridgehead atoms. The average Bonchev–Trinajstić information content (AvgIpc) is 2.46. The maximum atomic E-state index is 15.3. The third kappa shape index (κ3) is 2.80. The summed E-state index contributed by atoms with van der Waals surface area (Å²) < 4.78 is 43.2. The molecule has 112 valence electrons. The molecule has 1 nitrogen and oxygen atoms in total. The monoisotopic (exact) mass is 293 g/mol. The number of benzene rings is 1. The van der Waals surface area contributed by atoms with Crippen molar-refractivity contribution < 1.29 is 13.2 Å². The lowest BCUT2D eigenvalue weighted by molar-refractivity contribution is 0.0934. The molecule has 1 atom stereocenters. The Morgan fingerprint density at radius 1 is 1.19 bits per heavy atom. The van der Waals surface area contributed by atoms with Gasteiger partial charge in [-0.15, -0.1) is 0 Å². The van der Waals surface area contributed by atoms with Gasteiger partial charge in [0, 0.05) is 23.4 Å². The van der Waals surface area contributed by atoms with Crippen LogP contribution in [0.2, 0.25) is 0 Å². The molecule has 0 aliphatic rings. The Labute approximate surface area is 122 Å². The number of pyridine rings is 1. The van der Waals surface area contributed by atoms with Crippen molar-refractivity contribution in [2.45, 2.75) is 32.9 Å². The van der Waals surface area contributed by atoms with Gasteiger partial charge in [-0.3, -0.25) is 4.98 Å². The van der Waals surface area contributed by atoms with Crippen molar-refractivity contribution in [2.24, 2.45) is 5.92 Å². The zero-order valence-electron chi connectivity index (χ0n) is 12.3. The second-order valence-corrected chi connectivity index (χ2v) is 5.40. The molecule has 1 aromatic carbocycles. The van der Waals surface area contributed by atoms with E-state index in [9.17, 15) is 8.78 Å². The molecule has 21 heavy (non-hydrogen) atoms. The van der Waals surface area contributed by atoms with Crippen LogP contribution in [0.3, 0.4) is 0 Å². The van der Waals surface area contributed by atoms with Crippen LogP contribution in [0.25, 0.3) is 11.3 Å². The van der Waals surface area contributed by atoms with Crippen molar-refractivity contribution >= 4 is 0 Å². The highest BCUT2D eigenvalue weighted by molar-refractivity contribution is 5.66. The van der Waals surface area contributed by atoms with Crippen molar-refractivity contribution in [3.8, 4) is 11.3 Å². The topological polar surface area (TPSA) is 12.9 Å². The summed E-state index contributed by atoms with van der Waals surface area (Å²) in [5.74, 6) is -1.98. The minimum absolute atomic E-state index is 0.0243. The molecule has 4 heteroatoms. The van der Waals surface area contributed by atoms with E-state index >= 15 is 4.39 Å². The fraction of sp³-hybridized carbons (Fsp3) is 0.353. The number of nitrogens with zero attached hydrogens (tertiary/aromatic N) is 1. The molecular formula is C17H18F3N. The predicted octanol–water partition coefficient (Wildman–Crippen LogP) is 5.26. The molecule has 0 fully saturated rings. The molecule has 2 rings (SSSR count). The normalized spacial score (nSPS) is 14.2. The molecule has 0 amide bonds. The number of hydrogen-bond acceptors (Lipinski definition) is 1. The van der Waals surface area contributed by atoms with Gasteiger partial charge in [0.05, 0.1) is 5.69 Å². The van der Waals surface area contributed by atoms with Crippen LogP contribution in [0.5, 0.6) is 0 Å². The van der Waals surface area contributed by atoms with Crippen molar-refractivity contribution in [1.29, 1.82) is 0 Å². The van der Waals surface area contributed by atoms with E-state index < -0.39 is 23.2 Å². The summed E-state index contributed by atoms with van der Waals surface area (Å²) in [6, 6.07) is 6.82. The van der Waals surface area contributed by atoms with Crippen molar-refractivity contribution in [3.05, 3.63) is 53.7 Å². The van der Waals surface area contributed by atoms with Crippen LogP contribution in [0.15, 0.2) is 36.5 Å². The highest BCUT2D eigenvalue weighted by atomic mass is 19.1. The number of alkyl halides is 1. The zero-order valence-corrected chi connectivity index (χ0v) is 12.3. The summed E-state index contributed by atoms with van der Waals surface area (Å²) in [5.41, 5.74) is -1.44. The van der Waals surface area contributed by atoms with E-state index in [1.807, 2.05) is 0 Å². The van der Waals surface area contributed by atoms with E-state index in [0.717, 1.165) is 12.1 Å². The lowest BCUT2D eigenvalue weighted by Crippen LogP contribution is -2.27. The molecule has 0 radical (unpaired) electrons. The highest BCUT2D eigenvalue weighted by Gasteiger charge is 2.37. The second-order valence-electron chi connectivity index (χ2n) is 5.40. The van der Waals surface area contributed by atoms with E-state index in [2.05, 4.69) is 4.98 Å². The Morgan fingerprint density at radius 3 is 2.43 bits per heavy atom. The van der Waals surface area contributed by atoms with E-state index in [-0.39, 0.29) is 17.5 Å². The highest BCUT2D eigenvalue weighted by Crippen LogP contribution is 2.43. The van der Waals surface area contributed by atoms with Crippen LogP contribution in [-0.4, -0.2) is 4.98 Å². The van der Waals surface area contributed by atoms with E-state index in [4.69, 9.17) is 0 Å². The first-order valence-electron chi connectivity index (χ1n) is 7.00. The third-order valence-corrected chi connectivity index (χ3v) is 3.85. The second kappa shape index (κ2) is 5.88. The molecule has 0 saturated carbocycles. The Balaban J connectivity index is 2.76. The quantitative estimate of drug-likeness (QED) is 0.749. The summed E-state index contributed by atoms with van der Waals surface area (Å²) >= 11 is 0. The van der Waals surface area contributed by atoms with Gasteiger partial charge in [-0.25, -0.2) is 13.2 Å². The summed E-state index contributed by atoms with van der Waals surface area (Å²) in [6.07, 6.45) is 1.64. The first-order chi connectivity index (χ1) is 9.90. The molecule has 0 saturated heterocycles. The van der Waals surface area contributed by atoms with Gasteiger partial charge in [0.25, 0.3) is 0 Å². The summed E-state index contributed by atoms with van der Waals surface area (Å²) in [5, 5.41) is 0. The first-order valence-corrected chi connectivity index (χ1v) is 7.00. The zero-order chi connectivity index (χ0) is 15.6. The Bertz CT molecular complexity index is 625. The van der Waals surface area contributed by atoms with Crippen LogP contribution in [0.1, 0.15) is 32.8 Å². The average molecular weight is 293 g/mol. The number of rotatable bonds is 4. The van der Waals surface area contributed by atoms with Crippen LogP contribution >= 0.6 is 0 Å². The minimum Gasteiger partial charge on any atom is -0.256 e. The molecule has 0 N–H and O–H groups in total. The minimum atomic E-state index is -1.81. The summed E-state index contributed by atoms with van der Waals surface area (Å²) in [6.45, 7) is 5.08. The summed E-state index contributed by atoms with van der Waals surface area (Å²) in [4.78, 5) is 4.08. The van der Waals surface area contributed by atoms with E-state index in [1.54, 1.807) is 39.0 Å². The van der Waals surface area contributed by atoms with Gasteiger partial charge >= 0.3 is 0 Å². The Kier molecular flexibility index (Phi) is 4.35. The maximum absolute atomic E-state index is 15.3. The molecular weight excluding hydrogens is 275 g/mol. The number of halogens is 3. The SMILES string of the molecule is CCC(F)(c1cc(F)cc(F)c1-c1ccccn1)C(C)C. The fourth-order valence-corrected chi connectivity index (χ4v) is 2.58. The standard InChI is InChI=1S/C17H18F3N/c1-4-17(20,11(2)3)13-9-12(18)10-14(19)16(13)15-7-5-6-8-21-15/h5-11H,4H2,1-3H3. The Hall–Kier alpha value is -1.84. The summed E-state index contributed by atoms with van der Waals surface area (Å²) in [7, 11) is 0. The lowest BCUT2D eigenvalue weighted by Gasteiger charge is -2.30. The maximum Gasteiger partial charge on any atom is 0.138 e. The van der Waals surface area contributed by atoms with Gasteiger partial charge in [0.15, 0.2) is 0 Å². The van der Waals surface area contributed by atoms with Gasteiger partial charge in [0.1, 0.15) is 17.3 Å². The Morgan fingerprint density at radius 2 is 1.90 bits per heavy atom. The lowest BCUT2D eigenvalue weighted by atomic mass is 9.80. The smallest absolute Gasteiger partial charge is 0.138 e. The van der Waals surface area contributed by atoms with Crippen LogP contribution in [0.4, 0.5) is 13.2 Å². The van der Waals surface area contributed by atoms with Crippen LogP contribution in [0, 0.1) is 17.6 Å². The van der Waals surface area contributed by atoms with Crippen LogP contribution < -0.4 is 0 Å². The number of aromatic nitrogens is 1. The number of hydrogen-bond donors (Lipinski definition) is 0. The molecule has 1 heterocycles. The van der Waals surface area contributed by atoms with E-state index in [1.165, 1.54) is 6.20 Å². The molecule has 1 unspecified atom stereocenters. The van der Waals surface area contributed by atoms with Crippen molar-refractivity contribution in [1.82, 2.24) is 4.98 Å². The van der Waals surface area contributed by atoms with Crippen molar-refractivity contribution in [2.75, 3.05) is 0 Å².